The van der Waals surface area contributed by atoms with Gasteiger partial charge in [0.2, 0.25) is 0 Å². The minimum atomic E-state index is -0.792. The summed E-state index contributed by atoms with van der Waals surface area (Å²) >= 11 is 1.45. The fourth-order valence-electron chi connectivity index (χ4n) is 0.807. The Balaban J connectivity index is 2.40. The number of aliphatic hydroxyl groups excluding tert-OH is 1. The molecule has 1 aliphatic rings. The molecule has 0 radical (unpaired) electrons. The molecule has 48 valence electrons. The van der Waals surface area contributed by atoms with Crippen molar-refractivity contribution in [3.8, 4) is 0 Å². The van der Waals surface area contributed by atoms with E-state index in [1.807, 2.05) is 0 Å². The van der Waals surface area contributed by atoms with Crippen molar-refractivity contribution >= 4 is 11.8 Å². The zero-order valence-electron chi connectivity index (χ0n) is 4.63. The lowest BCUT2D eigenvalue weighted by atomic mass is 10.2. The highest BCUT2D eigenvalue weighted by Crippen LogP contribution is 2.34. The normalized spacial score (nSPS) is 38.2. The van der Waals surface area contributed by atoms with Crippen LogP contribution in [0.3, 0.4) is 0 Å². The maximum atomic E-state index is 9.21. The van der Waals surface area contributed by atoms with Crippen molar-refractivity contribution in [3.63, 3.8) is 0 Å². The van der Waals surface area contributed by atoms with Gasteiger partial charge in [0.1, 0.15) is 4.93 Å². The van der Waals surface area contributed by atoms with Gasteiger partial charge in [0.15, 0.2) is 0 Å². The highest BCUT2D eigenvalue weighted by Gasteiger charge is 2.30. The molecule has 8 heavy (non-hydrogen) atoms. The second-order valence-corrected chi connectivity index (χ2v) is 3.51. The van der Waals surface area contributed by atoms with Gasteiger partial charge in [-0.1, -0.05) is 0 Å². The van der Waals surface area contributed by atoms with E-state index in [4.69, 9.17) is 5.11 Å². The molecule has 0 amide bonds. The lowest BCUT2D eigenvalue weighted by Gasteiger charge is -2.16. The van der Waals surface area contributed by atoms with Gasteiger partial charge in [0.05, 0.1) is 6.61 Å². The molecule has 2 N–H and O–H groups in total. The molecule has 0 bridgehead atoms. The molecule has 1 heterocycles. The van der Waals surface area contributed by atoms with Gasteiger partial charge in [0, 0.05) is 0 Å². The Morgan fingerprint density at radius 1 is 1.62 bits per heavy atom. The molecule has 1 atom stereocenters. The summed E-state index contributed by atoms with van der Waals surface area (Å²) in [5.41, 5.74) is 0. The van der Waals surface area contributed by atoms with E-state index in [0.717, 1.165) is 18.6 Å². The predicted molar refractivity (Wildman–Crippen MR) is 33.7 cm³/mol. The minimum absolute atomic E-state index is 0.0995. The summed E-state index contributed by atoms with van der Waals surface area (Å²) in [4.78, 5) is -0.792. The van der Waals surface area contributed by atoms with Crippen LogP contribution in [0.25, 0.3) is 0 Å². The number of hydrogen-bond donors (Lipinski definition) is 2. The second kappa shape index (κ2) is 2.25. The first kappa shape index (κ1) is 6.39. The van der Waals surface area contributed by atoms with Gasteiger partial charge in [-0.05, 0) is 18.6 Å². The van der Waals surface area contributed by atoms with Crippen LogP contribution in [0.15, 0.2) is 0 Å². The largest absolute Gasteiger partial charge is 0.392 e. The molecule has 1 fully saturated rings. The number of aliphatic hydroxyl groups is 2. The predicted octanol–water partition coefficient (Wildman–Crippen LogP) is 0.194. The summed E-state index contributed by atoms with van der Waals surface area (Å²) in [6, 6.07) is 0. The van der Waals surface area contributed by atoms with Crippen LogP contribution in [0.4, 0.5) is 0 Å². The molecule has 1 saturated heterocycles. The molecule has 0 aromatic rings. The Morgan fingerprint density at radius 2 is 2.38 bits per heavy atom. The maximum absolute atomic E-state index is 9.21. The SMILES string of the molecule is OCC1(O)CCCS1. The first-order valence-corrected chi connectivity index (χ1v) is 3.73. The van der Waals surface area contributed by atoms with Crippen LogP contribution in [-0.2, 0) is 0 Å². The topological polar surface area (TPSA) is 40.5 Å². The van der Waals surface area contributed by atoms with Crippen molar-refractivity contribution in [1.82, 2.24) is 0 Å². The zero-order valence-corrected chi connectivity index (χ0v) is 5.45. The summed E-state index contributed by atoms with van der Waals surface area (Å²) in [5.74, 6) is 0.983. The van der Waals surface area contributed by atoms with E-state index in [9.17, 15) is 5.11 Å². The molecular weight excluding hydrogens is 124 g/mol. The Morgan fingerprint density at radius 3 is 2.62 bits per heavy atom. The van der Waals surface area contributed by atoms with Crippen LogP contribution in [0.2, 0.25) is 0 Å². The lowest BCUT2D eigenvalue weighted by Crippen LogP contribution is -2.24. The Kier molecular flexibility index (Phi) is 1.80. The number of thioether (sulfide) groups is 1. The molecule has 2 nitrogen and oxygen atoms in total. The van der Waals surface area contributed by atoms with E-state index >= 15 is 0 Å². The van der Waals surface area contributed by atoms with Crippen LogP contribution < -0.4 is 0 Å². The van der Waals surface area contributed by atoms with Crippen LogP contribution in [0.5, 0.6) is 0 Å². The van der Waals surface area contributed by atoms with E-state index < -0.39 is 4.93 Å². The maximum Gasteiger partial charge on any atom is 0.133 e. The van der Waals surface area contributed by atoms with E-state index in [1.165, 1.54) is 11.8 Å². The molecule has 0 saturated carbocycles. The van der Waals surface area contributed by atoms with Crippen molar-refractivity contribution in [2.24, 2.45) is 0 Å². The standard InChI is InChI=1S/C5H10O2S/c6-4-5(7)2-1-3-8-5/h6-7H,1-4H2. The van der Waals surface area contributed by atoms with Gasteiger partial charge < -0.3 is 10.2 Å². The van der Waals surface area contributed by atoms with Crippen LogP contribution in [-0.4, -0.2) is 27.5 Å². The van der Waals surface area contributed by atoms with Crippen LogP contribution in [0, 0.1) is 0 Å². The summed E-state index contributed by atoms with van der Waals surface area (Å²) in [5, 5.41) is 17.8. The summed E-state index contributed by atoms with van der Waals surface area (Å²) < 4.78 is 0. The molecule has 1 rings (SSSR count). The lowest BCUT2D eigenvalue weighted by molar-refractivity contribution is 0.0634. The average molecular weight is 134 g/mol. The van der Waals surface area contributed by atoms with E-state index in [2.05, 4.69) is 0 Å². The molecule has 0 spiro atoms. The highest BCUT2D eigenvalue weighted by atomic mass is 32.2. The third-order valence-electron chi connectivity index (χ3n) is 1.33. The fourth-order valence-corrected chi connectivity index (χ4v) is 1.86. The van der Waals surface area contributed by atoms with Gasteiger partial charge >= 0.3 is 0 Å². The molecule has 0 aliphatic carbocycles. The fraction of sp³-hybridized carbons (Fsp3) is 1.00. The third-order valence-corrected chi connectivity index (χ3v) is 2.69. The van der Waals surface area contributed by atoms with Crippen LogP contribution in [0.1, 0.15) is 12.8 Å². The van der Waals surface area contributed by atoms with Crippen molar-refractivity contribution < 1.29 is 10.2 Å². The Labute approximate surface area is 52.9 Å². The average Bonchev–Trinajstić information content (AvgIpc) is 2.17. The van der Waals surface area contributed by atoms with Gasteiger partial charge in [-0.15, -0.1) is 11.8 Å². The molecular formula is C5H10O2S. The monoisotopic (exact) mass is 134 g/mol. The Bertz CT molecular complexity index is 78.5. The quantitative estimate of drug-likeness (QED) is 0.538. The van der Waals surface area contributed by atoms with Gasteiger partial charge in [0.25, 0.3) is 0 Å². The second-order valence-electron chi connectivity index (χ2n) is 2.06. The smallest absolute Gasteiger partial charge is 0.133 e. The summed E-state index contributed by atoms with van der Waals surface area (Å²) in [6.07, 6.45) is 1.77. The number of hydrogen-bond acceptors (Lipinski definition) is 3. The zero-order chi connectivity index (χ0) is 6.04. The van der Waals surface area contributed by atoms with Crippen molar-refractivity contribution in [2.75, 3.05) is 12.4 Å². The van der Waals surface area contributed by atoms with Crippen molar-refractivity contribution in [3.05, 3.63) is 0 Å². The first-order chi connectivity index (χ1) is 3.77. The first-order valence-electron chi connectivity index (χ1n) is 2.74. The van der Waals surface area contributed by atoms with Gasteiger partial charge in [-0.25, -0.2) is 0 Å². The summed E-state index contributed by atoms with van der Waals surface area (Å²) in [7, 11) is 0. The van der Waals surface area contributed by atoms with Gasteiger partial charge in [-0.2, -0.15) is 0 Å². The van der Waals surface area contributed by atoms with E-state index in [-0.39, 0.29) is 6.61 Å². The highest BCUT2D eigenvalue weighted by molar-refractivity contribution is 8.00. The Hall–Kier alpha value is 0.270. The van der Waals surface area contributed by atoms with Crippen molar-refractivity contribution in [1.29, 1.82) is 0 Å². The third kappa shape index (κ3) is 1.16. The van der Waals surface area contributed by atoms with Crippen molar-refractivity contribution in [2.45, 2.75) is 17.8 Å². The molecule has 3 heteroatoms. The molecule has 1 unspecified atom stereocenters. The van der Waals surface area contributed by atoms with E-state index in [1.54, 1.807) is 0 Å². The summed E-state index contributed by atoms with van der Waals surface area (Å²) in [6.45, 7) is -0.0995. The van der Waals surface area contributed by atoms with Gasteiger partial charge in [-0.3, -0.25) is 0 Å². The molecule has 1 aliphatic heterocycles. The number of rotatable bonds is 1. The van der Waals surface area contributed by atoms with Crippen LogP contribution >= 0.6 is 11.8 Å². The molecule has 0 aromatic heterocycles. The molecule has 0 aromatic carbocycles. The minimum Gasteiger partial charge on any atom is -0.392 e. The van der Waals surface area contributed by atoms with E-state index in [0.29, 0.717) is 0 Å².